The lowest BCUT2D eigenvalue weighted by Gasteiger charge is -2.37. The average Bonchev–Trinajstić information content (AvgIpc) is 2.34. The third-order valence-corrected chi connectivity index (χ3v) is 6.15. The topological polar surface area (TPSA) is 63.4 Å². The number of piperidine rings is 1. The molecule has 6 heteroatoms. The van der Waals surface area contributed by atoms with E-state index in [-0.39, 0.29) is 28.2 Å². The Balaban J connectivity index is 2.49. The monoisotopic (exact) mass is 300 g/mol. The van der Waals surface area contributed by atoms with Gasteiger partial charge in [0.2, 0.25) is 10.0 Å². The van der Waals surface area contributed by atoms with Gasteiger partial charge < -0.3 is 5.73 Å². The number of hydrogen-bond donors (Lipinski definition) is 1. The zero-order valence-corrected chi connectivity index (χ0v) is 12.9. The van der Waals surface area contributed by atoms with Crippen molar-refractivity contribution >= 4 is 15.7 Å². The minimum atomic E-state index is -3.71. The molecule has 0 amide bonds. The summed E-state index contributed by atoms with van der Waals surface area (Å²) in [6.45, 7) is 5.31. The van der Waals surface area contributed by atoms with Crippen molar-refractivity contribution in [2.75, 3.05) is 5.73 Å². The normalized spacial score (nSPS) is 24.8. The highest BCUT2D eigenvalue weighted by molar-refractivity contribution is 7.89. The highest BCUT2D eigenvalue weighted by Gasteiger charge is 2.36. The first-order chi connectivity index (χ1) is 9.25. The van der Waals surface area contributed by atoms with Gasteiger partial charge in [-0.1, -0.05) is 6.42 Å². The van der Waals surface area contributed by atoms with Gasteiger partial charge in [-0.15, -0.1) is 0 Å². The third-order valence-electron chi connectivity index (χ3n) is 4.05. The lowest BCUT2D eigenvalue weighted by molar-refractivity contribution is 0.204. The summed E-state index contributed by atoms with van der Waals surface area (Å²) in [7, 11) is -3.71. The predicted octanol–water partition coefficient (Wildman–Crippen LogP) is 2.67. The van der Waals surface area contributed by atoms with Crippen molar-refractivity contribution < 1.29 is 12.8 Å². The van der Waals surface area contributed by atoms with Gasteiger partial charge in [-0.2, -0.15) is 4.31 Å². The van der Waals surface area contributed by atoms with Crippen molar-refractivity contribution in [3.05, 3.63) is 23.5 Å². The van der Waals surface area contributed by atoms with Gasteiger partial charge in [-0.05, 0) is 45.7 Å². The Labute approximate surface area is 119 Å². The molecular weight excluding hydrogens is 279 g/mol. The molecule has 0 aliphatic carbocycles. The largest absolute Gasteiger partial charge is 0.398 e. The fourth-order valence-electron chi connectivity index (χ4n) is 2.82. The molecule has 2 rings (SSSR count). The van der Waals surface area contributed by atoms with E-state index >= 15 is 0 Å². The highest BCUT2D eigenvalue weighted by Crippen LogP contribution is 2.31. The van der Waals surface area contributed by atoms with E-state index in [2.05, 4.69) is 0 Å². The van der Waals surface area contributed by atoms with Crippen molar-refractivity contribution in [2.45, 2.75) is 57.0 Å². The van der Waals surface area contributed by atoms with Crippen molar-refractivity contribution in [1.29, 1.82) is 0 Å². The smallest absolute Gasteiger partial charge is 0.243 e. The molecule has 2 unspecified atom stereocenters. The maximum absolute atomic E-state index is 13.8. The van der Waals surface area contributed by atoms with Gasteiger partial charge in [-0.3, -0.25) is 0 Å². The van der Waals surface area contributed by atoms with E-state index in [1.165, 1.54) is 17.3 Å². The standard InChI is InChI=1S/C14H21FN2O2S/c1-9-5-4-6-10(2)17(9)20(18,19)12-7-13(15)11(3)14(16)8-12/h7-10H,4-6,16H2,1-3H3. The fraction of sp³-hybridized carbons (Fsp3) is 0.571. The molecule has 1 saturated heterocycles. The molecule has 1 aromatic carbocycles. The van der Waals surface area contributed by atoms with Crippen molar-refractivity contribution in [3.8, 4) is 0 Å². The molecule has 0 saturated carbocycles. The summed E-state index contributed by atoms with van der Waals surface area (Å²) in [6.07, 6.45) is 2.67. The number of nitrogens with zero attached hydrogens (tertiary/aromatic N) is 1. The molecule has 1 aliphatic heterocycles. The molecule has 1 aliphatic rings. The van der Waals surface area contributed by atoms with Gasteiger partial charge in [0.1, 0.15) is 5.82 Å². The molecule has 4 nitrogen and oxygen atoms in total. The van der Waals surface area contributed by atoms with E-state index in [4.69, 9.17) is 5.73 Å². The number of hydrogen-bond acceptors (Lipinski definition) is 3. The Kier molecular flexibility index (Phi) is 4.07. The second kappa shape index (κ2) is 5.33. The molecule has 2 N–H and O–H groups in total. The first-order valence-electron chi connectivity index (χ1n) is 6.84. The van der Waals surface area contributed by atoms with Crippen LogP contribution in [0.3, 0.4) is 0 Å². The van der Waals surface area contributed by atoms with Gasteiger partial charge in [0.25, 0.3) is 0 Å². The van der Waals surface area contributed by atoms with Crippen LogP contribution >= 0.6 is 0 Å². The van der Waals surface area contributed by atoms with Crippen LogP contribution in [0.15, 0.2) is 17.0 Å². The van der Waals surface area contributed by atoms with Crippen LogP contribution in [0.4, 0.5) is 10.1 Å². The van der Waals surface area contributed by atoms with E-state index in [9.17, 15) is 12.8 Å². The maximum atomic E-state index is 13.8. The third kappa shape index (κ3) is 2.54. The molecule has 1 aromatic rings. The van der Waals surface area contributed by atoms with Crippen LogP contribution < -0.4 is 5.73 Å². The van der Waals surface area contributed by atoms with Crippen LogP contribution in [-0.4, -0.2) is 24.8 Å². The van der Waals surface area contributed by atoms with Crippen LogP contribution in [0.2, 0.25) is 0 Å². The fourth-order valence-corrected chi connectivity index (χ4v) is 4.75. The molecule has 0 radical (unpaired) electrons. The quantitative estimate of drug-likeness (QED) is 0.854. The van der Waals surface area contributed by atoms with E-state index in [0.717, 1.165) is 25.3 Å². The number of anilines is 1. The second-order valence-corrected chi connectivity index (χ2v) is 7.43. The van der Waals surface area contributed by atoms with Gasteiger partial charge in [-0.25, -0.2) is 12.8 Å². The van der Waals surface area contributed by atoms with Crippen molar-refractivity contribution in [1.82, 2.24) is 4.31 Å². The molecule has 2 atom stereocenters. The van der Waals surface area contributed by atoms with E-state index in [1.807, 2.05) is 13.8 Å². The molecule has 1 fully saturated rings. The number of benzene rings is 1. The Bertz CT molecular complexity index is 583. The van der Waals surface area contributed by atoms with Crippen LogP contribution in [0.5, 0.6) is 0 Å². The number of nitrogens with two attached hydrogens (primary N) is 1. The SMILES string of the molecule is Cc1c(N)cc(S(=O)(=O)N2C(C)CCCC2C)cc1F. The lowest BCUT2D eigenvalue weighted by Crippen LogP contribution is -2.47. The summed E-state index contributed by atoms with van der Waals surface area (Å²) in [5, 5.41) is 0. The first-order valence-corrected chi connectivity index (χ1v) is 8.28. The first kappa shape index (κ1) is 15.3. The van der Waals surface area contributed by atoms with Crippen LogP contribution in [-0.2, 0) is 10.0 Å². The second-order valence-electron chi connectivity index (χ2n) is 5.58. The summed E-state index contributed by atoms with van der Waals surface area (Å²) in [4.78, 5) is -0.0568. The molecule has 112 valence electrons. The number of sulfonamides is 1. The Morgan fingerprint density at radius 3 is 2.30 bits per heavy atom. The van der Waals surface area contributed by atoms with Crippen molar-refractivity contribution in [2.24, 2.45) is 0 Å². The Hall–Kier alpha value is -1.14. The number of rotatable bonds is 2. The number of halogens is 1. The summed E-state index contributed by atoms with van der Waals surface area (Å²) in [5.41, 5.74) is 6.14. The summed E-state index contributed by atoms with van der Waals surface area (Å²) < 4.78 is 40.7. The minimum Gasteiger partial charge on any atom is -0.398 e. The van der Waals surface area contributed by atoms with Crippen LogP contribution in [0, 0.1) is 12.7 Å². The molecule has 1 heterocycles. The summed E-state index contributed by atoms with van der Waals surface area (Å²) >= 11 is 0. The predicted molar refractivity (Wildman–Crippen MR) is 77.3 cm³/mol. The number of nitrogen functional groups attached to an aromatic ring is 1. The van der Waals surface area contributed by atoms with E-state index in [0.29, 0.717) is 0 Å². The van der Waals surface area contributed by atoms with Crippen LogP contribution in [0.1, 0.15) is 38.7 Å². The zero-order chi connectivity index (χ0) is 15.1. The molecule has 0 aromatic heterocycles. The van der Waals surface area contributed by atoms with E-state index in [1.54, 1.807) is 0 Å². The van der Waals surface area contributed by atoms with Crippen LogP contribution in [0.25, 0.3) is 0 Å². The van der Waals surface area contributed by atoms with E-state index < -0.39 is 15.8 Å². The Morgan fingerprint density at radius 2 is 1.80 bits per heavy atom. The minimum absolute atomic E-state index is 0.0568. The Morgan fingerprint density at radius 1 is 1.25 bits per heavy atom. The maximum Gasteiger partial charge on any atom is 0.243 e. The average molecular weight is 300 g/mol. The summed E-state index contributed by atoms with van der Waals surface area (Å²) in [6, 6.07) is 2.26. The van der Waals surface area contributed by atoms with Gasteiger partial charge in [0.15, 0.2) is 0 Å². The molecular formula is C14H21FN2O2S. The molecule has 0 spiro atoms. The van der Waals surface area contributed by atoms with Crippen molar-refractivity contribution in [3.63, 3.8) is 0 Å². The van der Waals surface area contributed by atoms with Gasteiger partial charge >= 0.3 is 0 Å². The summed E-state index contributed by atoms with van der Waals surface area (Å²) in [5.74, 6) is -0.583. The molecule has 0 bridgehead atoms. The van der Waals surface area contributed by atoms with Gasteiger partial charge in [0.05, 0.1) is 4.90 Å². The highest BCUT2D eigenvalue weighted by atomic mass is 32.2. The molecule has 20 heavy (non-hydrogen) atoms. The van der Waals surface area contributed by atoms with Gasteiger partial charge in [0, 0.05) is 23.3 Å². The zero-order valence-electron chi connectivity index (χ0n) is 12.1. The lowest BCUT2D eigenvalue weighted by atomic mass is 10.0.